The molecule has 2 aromatic carbocycles. The minimum Gasteiger partial charge on any atom is -0.484 e. The van der Waals surface area contributed by atoms with Gasteiger partial charge in [0.25, 0.3) is 5.91 Å². The molecule has 26 heavy (non-hydrogen) atoms. The largest absolute Gasteiger partial charge is 0.484 e. The van der Waals surface area contributed by atoms with Gasteiger partial charge >= 0.3 is 0 Å². The number of hydrogen-bond donors (Lipinski definition) is 1. The molecule has 0 saturated carbocycles. The van der Waals surface area contributed by atoms with E-state index in [1.807, 2.05) is 62.4 Å². The topological polar surface area (TPSA) is 51.5 Å². The molecule has 1 aromatic heterocycles. The zero-order valence-corrected chi connectivity index (χ0v) is 16.3. The standard InChI is InChI=1S/C21H20BrNO3/c1-14-9-15(2)11-19(10-14)25-13-21(24)23-12-18-7-8-20(26-18)16-3-5-17(22)6-4-16/h3-11H,12-13H2,1-2H3,(H,23,24). The Kier molecular flexibility index (Phi) is 5.78. The molecular formula is C21H20BrNO3. The van der Waals surface area contributed by atoms with Gasteiger partial charge in [0.15, 0.2) is 6.61 Å². The third-order valence-corrected chi connectivity index (χ3v) is 4.34. The molecule has 5 heteroatoms. The van der Waals surface area contributed by atoms with Crippen molar-refractivity contribution in [3.63, 3.8) is 0 Å². The molecule has 134 valence electrons. The van der Waals surface area contributed by atoms with E-state index in [1.54, 1.807) is 0 Å². The number of nitrogens with one attached hydrogen (secondary N) is 1. The van der Waals surface area contributed by atoms with Crippen molar-refractivity contribution in [3.8, 4) is 17.1 Å². The van der Waals surface area contributed by atoms with Crippen LogP contribution in [0.4, 0.5) is 0 Å². The number of furan rings is 1. The van der Waals surface area contributed by atoms with E-state index < -0.39 is 0 Å². The van der Waals surface area contributed by atoms with Crippen molar-refractivity contribution in [3.05, 3.63) is 76.0 Å². The Morgan fingerprint density at radius 1 is 1.04 bits per heavy atom. The summed E-state index contributed by atoms with van der Waals surface area (Å²) in [5.74, 6) is 1.98. The van der Waals surface area contributed by atoms with Gasteiger partial charge in [0.05, 0.1) is 6.54 Å². The number of hydrogen-bond acceptors (Lipinski definition) is 3. The van der Waals surface area contributed by atoms with Crippen molar-refractivity contribution in [2.45, 2.75) is 20.4 Å². The number of rotatable bonds is 6. The van der Waals surface area contributed by atoms with Crippen LogP contribution in [0.5, 0.6) is 5.75 Å². The fraction of sp³-hybridized carbons (Fsp3) is 0.190. The molecular weight excluding hydrogens is 394 g/mol. The van der Waals surface area contributed by atoms with E-state index in [4.69, 9.17) is 9.15 Å². The van der Waals surface area contributed by atoms with Crippen molar-refractivity contribution >= 4 is 21.8 Å². The van der Waals surface area contributed by atoms with Gasteiger partial charge in [-0.2, -0.15) is 0 Å². The van der Waals surface area contributed by atoms with Gasteiger partial charge in [0.1, 0.15) is 17.3 Å². The van der Waals surface area contributed by atoms with Crippen molar-refractivity contribution in [2.24, 2.45) is 0 Å². The van der Waals surface area contributed by atoms with Crippen molar-refractivity contribution in [1.82, 2.24) is 5.32 Å². The lowest BCUT2D eigenvalue weighted by Crippen LogP contribution is -2.28. The predicted octanol–water partition coefficient (Wildman–Crippen LogP) is 5.02. The summed E-state index contributed by atoms with van der Waals surface area (Å²) in [4.78, 5) is 12.0. The van der Waals surface area contributed by atoms with E-state index in [2.05, 4.69) is 27.3 Å². The molecule has 1 N–H and O–H groups in total. The molecule has 0 aliphatic carbocycles. The second-order valence-corrected chi connectivity index (χ2v) is 7.08. The highest BCUT2D eigenvalue weighted by molar-refractivity contribution is 9.10. The fourth-order valence-electron chi connectivity index (χ4n) is 2.64. The average molecular weight is 414 g/mol. The van der Waals surface area contributed by atoms with Gasteiger partial charge in [0.2, 0.25) is 0 Å². The van der Waals surface area contributed by atoms with E-state index in [1.165, 1.54) is 0 Å². The molecule has 0 radical (unpaired) electrons. The van der Waals surface area contributed by atoms with Crippen molar-refractivity contribution in [2.75, 3.05) is 6.61 Å². The van der Waals surface area contributed by atoms with Crippen molar-refractivity contribution in [1.29, 1.82) is 0 Å². The van der Waals surface area contributed by atoms with Crippen LogP contribution in [0.3, 0.4) is 0 Å². The zero-order chi connectivity index (χ0) is 18.5. The van der Waals surface area contributed by atoms with Crippen LogP contribution in [0.2, 0.25) is 0 Å². The summed E-state index contributed by atoms with van der Waals surface area (Å²) >= 11 is 3.41. The third kappa shape index (κ3) is 4.99. The van der Waals surface area contributed by atoms with Crippen LogP contribution in [0, 0.1) is 13.8 Å². The van der Waals surface area contributed by atoms with Gasteiger partial charge in [-0.15, -0.1) is 0 Å². The minimum atomic E-state index is -0.189. The van der Waals surface area contributed by atoms with E-state index in [0.717, 1.165) is 26.9 Å². The Hall–Kier alpha value is -2.53. The highest BCUT2D eigenvalue weighted by Gasteiger charge is 2.08. The molecule has 4 nitrogen and oxygen atoms in total. The minimum absolute atomic E-state index is 0.0246. The lowest BCUT2D eigenvalue weighted by atomic mass is 10.1. The quantitative estimate of drug-likeness (QED) is 0.616. The normalized spacial score (nSPS) is 10.6. The summed E-state index contributed by atoms with van der Waals surface area (Å²) in [5.41, 5.74) is 3.21. The number of amides is 1. The first-order valence-corrected chi connectivity index (χ1v) is 9.11. The Bertz CT molecular complexity index is 880. The van der Waals surface area contributed by atoms with Gasteiger partial charge in [-0.1, -0.05) is 34.1 Å². The maximum absolute atomic E-state index is 12.0. The number of halogens is 1. The Morgan fingerprint density at radius 2 is 1.73 bits per heavy atom. The van der Waals surface area contributed by atoms with Gasteiger partial charge in [0, 0.05) is 10.0 Å². The van der Waals surface area contributed by atoms with Gasteiger partial charge < -0.3 is 14.5 Å². The molecule has 0 saturated heterocycles. The first kappa shape index (κ1) is 18.3. The highest BCUT2D eigenvalue weighted by atomic mass is 79.9. The van der Waals surface area contributed by atoms with Crippen LogP contribution in [-0.2, 0) is 11.3 Å². The Morgan fingerprint density at radius 3 is 2.42 bits per heavy atom. The summed E-state index contributed by atoms with van der Waals surface area (Å²) in [6.45, 7) is 4.30. The van der Waals surface area contributed by atoms with E-state index in [-0.39, 0.29) is 12.5 Å². The molecule has 0 atom stereocenters. The van der Waals surface area contributed by atoms with E-state index >= 15 is 0 Å². The number of benzene rings is 2. The fourth-order valence-corrected chi connectivity index (χ4v) is 2.91. The summed E-state index contributed by atoms with van der Waals surface area (Å²) < 4.78 is 12.4. The van der Waals surface area contributed by atoms with E-state index in [9.17, 15) is 4.79 Å². The first-order chi connectivity index (χ1) is 12.5. The number of ether oxygens (including phenoxy) is 1. The monoisotopic (exact) mass is 413 g/mol. The smallest absolute Gasteiger partial charge is 0.258 e. The lowest BCUT2D eigenvalue weighted by molar-refractivity contribution is -0.123. The van der Waals surface area contributed by atoms with Gasteiger partial charge in [-0.3, -0.25) is 4.79 Å². The third-order valence-electron chi connectivity index (χ3n) is 3.82. The molecule has 1 amide bonds. The molecule has 0 spiro atoms. The lowest BCUT2D eigenvalue weighted by Gasteiger charge is -2.08. The molecule has 0 bridgehead atoms. The molecule has 1 heterocycles. The van der Waals surface area contributed by atoms with Gasteiger partial charge in [-0.25, -0.2) is 0 Å². The number of aryl methyl sites for hydroxylation is 2. The molecule has 0 fully saturated rings. The maximum atomic E-state index is 12.0. The maximum Gasteiger partial charge on any atom is 0.258 e. The molecule has 3 rings (SSSR count). The van der Waals surface area contributed by atoms with Gasteiger partial charge in [-0.05, 0) is 61.4 Å². The van der Waals surface area contributed by atoms with Crippen LogP contribution in [0.1, 0.15) is 16.9 Å². The van der Waals surface area contributed by atoms with Crippen LogP contribution in [0.15, 0.2) is 63.5 Å². The average Bonchev–Trinajstić information content (AvgIpc) is 3.07. The second kappa shape index (κ2) is 8.23. The molecule has 0 aliphatic heterocycles. The summed E-state index contributed by atoms with van der Waals surface area (Å²) in [6, 6.07) is 17.5. The highest BCUT2D eigenvalue weighted by Crippen LogP contribution is 2.24. The first-order valence-electron chi connectivity index (χ1n) is 8.32. The zero-order valence-electron chi connectivity index (χ0n) is 14.7. The number of carbonyl (C=O) groups is 1. The Labute approximate surface area is 161 Å². The number of carbonyl (C=O) groups excluding carboxylic acids is 1. The molecule has 0 unspecified atom stereocenters. The predicted molar refractivity (Wildman–Crippen MR) is 105 cm³/mol. The van der Waals surface area contributed by atoms with Crippen LogP contribution >= 0.6 is 15.9 Å². The van der Waals surface area contributed by atoms with Crippen LogP contribution in [0.25, 0.3) is 11.3 Å². The summed E-state index contributed by atoms with van der Waals surface area (Å²) in [5, 5.41) is 2.81. The summed E-state index contributed by atoms with van der Waals surface area (Å²) in [6.07, 6.45) is 0. The summed E-state index contributed by atoms with van der Waals surface area (Å²) in [7, 11) is 0. The van der Waals surface area contributed by atoms with Crippen molar-refractivity contribution < 1.29 is 13.9 Å². The SMILES string of the molecule is Cc1cc(C)cc(OCC(=O)NCc2ccc(-c3ccc(Br)cc3)o2)c1. The van der Waals surface area contributed by atoms with E-state index in [0.29, 0.717) is 18.1 Å². The second-order valence-electron chi connectivity index (χ2n) is 6.16. The van der Waals surface area contributed by atoms with Crippen LogP contribution in [-0.4, -0.2) is 12.5 Å². The molecule has 3 aromatic rings. The molecule has 0 aliphatic rings. The van der Waals surface area contributed by atoms with Crippen LogP contribution < -0.4 is 10.1 Å². The Balaban J connectivity index is 1.51.